The number of nitrogens with zero attached hydrogens (tertiary/aromatic N) is 2. The van der Waals surface area contributed by atoms with Crippen molar-refractivity contribution in [2.24, 2.45) is 0 Å². The molecule has 0 spiro atoms. The molecule has 0 radical (unpaired) electrons. The molecule has 1 amide bonds. The Morgan fingerprint density at radius 2 is 1.80 bits per heavy atom. The second kappa shape index (κ2) is 9.49. The highest BCUT2D eigenvalue weighted by Gasteiger charge is 2.23. The molecule has 1 N–H and O–H groups in total. The van der Waals surface area contributed by atoms with Crippen LogP contribution in [0.5, 0.6) is 5.75 Å². The van der Waals surface area contributed by atoms with Crippen LogP contribution in [0, 0.1) is 6.92 Å². The van der Waals surface area contributed by atoms with Gasteiger partial charge in [-0.2, -0.15) is 0 Å². The van der Waals surface area contributed by atoms with Gasteiger partial charge in [-0.3, -0.25) is 4.79 Å². The van der Waals surface area contributed by atoms with Gasteiger partial charge in [-0.15, -0.1) is 0 Å². The van der Waals surface area contributed by atoms with Crippen molar-refractivity contribution in [2.45, 2.75) is 25.2 Å². The summed E-state index contributed by atoms with van der Waals surface area (Å²) in [5.41, 5.74) is 2.30. The molecule has 1 saturated heterocycles. The Hall–Kier alpha value is -2.58. The number of benzene rings is 2. The first kappa shape index (κ1) is 22.1. The molecule has 0 unspecified atom stereocenters. The van der Waals surface area contributed by atoms with E-state index < -0.39 is 10.0 Å². The average molecular weight is 432 g/mol. The van der Waals surface area contributed by atoms with Gasteiger partial charge in [0.1, 0.15) is 5.75 Å². The Kier molecular flexibility index (Phi) is 6.99. The molecular formula is C22H29N3O4S. The van der Waals surface area contributed by atoms with Gasteiger partial charge in [0.15, 0.2) is 0 Å². The number of carbonyl (C=O) groups is 1. The molecule has 0 aliphatic carbocycles. The van der Waals surface area contributed by atoms with Crippen molar-refractivity contribution >= 4 is 21.6 Å². The van der Waals surface area contributed by atoms with Gasteiger partial charge in [-0.1, -0.05) is 13.0 Å². The molecule has 0 aromatic heterocycles. The Bertz CT molecular complexity index is 990. The van der Waals surface area contributed by atoms with Crippen LogP contribution in [0.15, 0.2) is 47.4 Å². The molecule has 1 fully saturated rings. The van der Waals surface area contributed by atoms with E-state index in [-0.39, 0.29) is 10.8 Å². The minimum absolute atomic E-state index is 0.119. The molecule has 0 saturated carbocycles. The lowest BCUT2D eigenvalue weighted by Crippen LogP contribution is -2.35. The second-order valence-electron chi connectivity index (χ2n) is 7.31. The van der Waals surface area contributed by atoms with Crippen LogP contribution in [0.2, 0.25) is 0 Å². The number of methoxy groups -OCH3 is 1. The maximum absolute atomic E-state index is 13.2. The summed E-state index contributed by atoms with van der Waals surface area (Å²) in [6.07, 6.45) is 0.839. The lowest BCUT2D eigenvalue weighted by molar-refractivity contribution is 0.0766. The number of sulfonamides is 1. The predicted molar refractivity (Wildman–Crippen MR) is 118 cm³/mol. The molecule has 30 heavy (non-hydrogen) atoms. The van der Waals surface area contributed by atoms with Gasteiger partial charge in [-0.05, 0) is 55.3 Å². The number of hydrogen-bond donors (Lipinski definition) is 1. The molecule has 3 rings (SSSR count). The van der Waals surface area contributed by atoms with Gasteiger partial charge in [0.05, 0.1) is 12.0 Å². The number of carbonyl (C=O) groups excluding carboxylic acids is 1. The van der Waals surface area contributed by atoms with E-state index in [2.05, 4.69) is 9.62 Å². The standard InChI is InChI=1S/C22H29N3O4S/c1-4-23-30(27,28)20-11-6-17(2)21(16-20)22(26)25-13-5-12-24(14-15-25)18-7-9-19(29-3)10-8-18/h6-11,16,23H,4-5,12-15H2,1-3H3. The summed E-state index contributed by atoms with van der Waals surface area (Å²) in [6.45, 7) is 6.63. The number of aryl methyl sites for hydroxylation is 1. The van der Waals surface area contributed by atoms with Crippen LogP contribution in [0.1, 0.15) is 29.3 Å². The van der Waals surface area contributed by atoms with Gasteiger partial charge in [0.25, 0.3) is 5.91 Å². The second-order valence-corrected chi connectivity index (χ2v) is 9.08. The molecule has 8 heteroatoms. The molecule has 1 heterocycles. The van der Waals surface area contributed by atoms with Crippen LogP contribution in [-0.4, -0.2) is 59.1 Å². The smallest absolute Gasteiger partial charge is 0.254 e. The highest BCUT2D eigenvalue weighted by atomic mass is 32.2. The van der Waals surface area contributed by atoms with Crippen molar-refractivity contribution in [1.82, 2.24) is 9.62 Å². The SMILES string of the molecule is CCNS(=O)(=O)c1ccc(C)c(C(=O)N2CCCN(c3ccc(OC)cc3)CC2)c1. The first-order chi connectivity index (χ1) is 14.4. The van der Waals surface area contributed by atoms with Gasteiger partial charge < -0.3 is 14.5 Å². The van der Waals surface area contributed by atoms with Crippen LogP contribution >= 0.6 is 0 Å². The number of nitrogens with one attached hydrogen (secondary N) is 1. The summed E-state index contributed by atoms with van der Waals surface area (Å²) in [5, 5.41) is 0. The summed E-state index contributed by atoms with van der Waals surface area (Å²) in [6, 6.07) is 12.6. The number of anilines is 1. The normalized spacial score (nSPS) is 15.0. The van der Waals surface area contributed by atoms with Crippen molar-refractivity contribution in [3.8, 4) is 5.75 Å². The van der Waals surface area contributed by atoms with Gasteiger partial charge in [-0.25, -0.2) is 13.1 Å². The predicted octanol–water partition coefficient (Wildman–Crippen LogP) is 2.65. The summed E-state index contributed by atoms with van der Waals surface area (Å²) in [7, 11) is -1.97. The van der Waals surface area contributed by atoms with Crippen LogP contribution in [-0.2, 0) is 10.0 Å². The molecule has 1 aliphatic heterocycles. The molecule has 0 bridgehead atoms. The molecule has 2 aromatic rings. The van der Waals surface area contributed by atoms with Gasteiger partial charge in [0.2, 0.25) is 10.0 Å². The number of hydrogen-bond acceptors (Lipinski definition) is 5. The van der Waals surface area contributed by atoms with Gasteiger partial charge >= 0.3 is 0 Å². The maximum atomic E-state index is 13.2. The van der Waals surface area contributed by atoms with Crippen molar-refractivity contribution in [3.63, 3.8) is 0 Å². The van der Waals surface area contributed by atoms with Crippen LogP contribution < -0.4 is 14.4 Å². The molecule has 2 aromatic carbocycles. The fourth-order valence-electron chi connectivity index (χ4n) is 3.61. The zero-order valence-corrected chi connectivity index (χ0v) is 18.5. The summed E-state index contributed by atoms with van der Waals surface area (Å²) in [4.78, 5) is 17.4. The lowest BCUT2D eigenvalue weighted by Gasteiger charge is -2.24. The van der Waals surface area contributed by atoms with E-state index in [0.717, 1.165) is 30.0 Å². The topological polar surface area (TPSA) is 79.0 Å². The number of ether oxygens (including phenoxy) is 1. The van der Waals surface area contributed by atoms with Crippen molar-refractivity contribution < 1.29 is 17.9 Å². The first-order valence-corrected chi connectivity index (χ1v) is 11.6. The zero-order valence-electron chi connectivity index (χ0n) is 17.7. The minimum atomic E-state index is -3.61. The van der Waals surface area contributed by atoms with E-state index in [1.807, 2.05) is 36.1 Å². The highest BCUT2D eigenvalue weighted by Crippen LogP contribution is 2.22. The first-order valence-electron chi connectivity index (χ1n) is 10.1. The van der Waals surface area contributed by atoms with Crippen LogP contribution in [0.3, 0.4) is 0 Å². The van der Waals surface area contributed by atoms with E-state index in [1.54, 1.807) is 20.1 Å². The lowest BCUT2D eigenvalue weighted by atomic mass is 10.1. The van der Waals surface area contributed by atoms with E-state index in [0.29, 0.717) is 31.7 Å². The van der Waals surface area contributed by atoms with Crippen molar-refractivity contribution in [3.05, 3.63) is 53.6 Å². The molecule has 0 atom stereocenters. The summed E-state index contributed by atoms with van der Waals surface area (Å²) < 4.78 is 32.4. The fraction of sp³-hybridized carbons (Fsp3) is 0.409. The summed E-state index contributed by atoms with van der Waals surface area (Å²) in [5.74, 6) is 0.686. The monoisotopic (exact) mass is 431 g/mol. The molecule has 1 aliphatic rings. The zero-order chi connectivity index (χ0) is 21.7. The summed E-state index contributed by atoms with van der Waals surface area (Å²) >= 11 is 0. The minimum Gasteiger partial charge on any atom is -0.497 e. The maximum Gasteiger partial charge on any atom is 0.254 e. The van der Waals surface area contributed by atoms with Crippen molar-refractivity contribution in [2.75, 3.05) is 44.7 Å². The Morgan fingerprint density at radius 3 is 2.47 bits per heavy atom. The number of rotatable bonds is 6. The molecular weight excluding hydrogens is 402 g/mol. The number of amides is 1. The quantitative estimate of drug-likeness (QED) is 0.761. The highest BCUT2D eigenvalue weighted by molar-refractivity contribution is 7.89. The van der Waals surface area contributed by atoms with Gasteiger partial charge in [0, 0.05) is 44.0 Å². The van der Waals surface area contributed by atoms with Crippen molar-refractivity contribution in [1.29, 1.82) is 0 Å². The Balaban J connectivity index is 1.76. The third kappa shape index (κ3) is 4.94. The molecule has 162 valence electrons. The third-order valence-electron chi connectivity index (χ3n) is 5.30. The van der Waals surface area contributed by atoms with E-state index in [4.69, 9.17) is 4.74 Å². The van der Waals surface area contributed by atoms with E-state index >= 15 is 0 Å². The average Bonchev–Trinajstić information content (AvgIpc) is 3.00. The third-order valence-corrected chi connectivity index (χ3v) is 6.85. The van der Waals surface area contributed by atoms with Crippen LogP contribution in [0.4, 0.5) is 5.69 Å². The Labute approximate surface area is 178 Å². The largest absolute Gasteiger partial charge is 0.497 e. The molecule has 7 nitrogen and oxygen atoms in total. The Morgan fingerprint density at radius 1 is 1.07 bits per heavy atom. The van der Waals surface area contributed by atoms with E-state index in [1.165, 1.54) is 12.1 Å². The van der Waals surface area contributed by atoms with Crippen LogP contribution in [0.25, 0.3) is 0 Å². The fourth-order valence-corrected chi connectivity index (χ4v) is 4.68. The van der Waals surface area contributed by atoms with E-state index in [9.17, 15) is 13.2 Å².